The van der Waals surface area contributed by atoms with Crippen LogP contribution in [-0.2, 0) is 26.2 Å². The Hall–Kier alpha value is -2.49. The van der Waals surface area contributed by atoms with Gasteiger partial charge in [0.15, 0.2) is 0 Å². The smallest absolute Gasteiger partial charge is 0.244 e. The Morgan fingerprint density at radius 2 is 1.76 bits per heavy atom. The molecule has 0 spiro atoms. The number of carbonyl (C=O) groups excluding carboxylic acids is 2. The third-order valence-electron chi connectivity index (χ3n) is 4.94. The van der Waals surface area contributed by atoms with E-state index >= 15 is 0 Å². The fraction of sp³-hybridized carbons (Fsp3) is 0.391. The zero-order valence-corrected chi connectivity index (χ0v) is 22.0. The van der Waals surface area contributed by atoms with Crippen molar-refractivity contribution in [1.29, 1.82) is 0 Å². The van der Waals surface area contributed by atoms with E-state index in [9.17, 15) is 18.0 Å². The van der Waals surface area contributed by atoms with Gasteiger partial charge in [0, 0.05) is 17.6 Å². The number of methoxy groups -OCH3 is 1. The average Bonchev–Trinajstić information content (AvgIpc) is 2.74. The summed E-state index contributed by atoms with van der Waals surface area (Å²) in [5.41, 5.74) is 0.829. The molecule has 0 fully saturated rings. The standard InChI is InChI=1S/C23H29Cl2N3O5S/c1-15(2)26-23(30)16(3)27(13-17-7-6-8-19(11-17)33-4)22(29)14-28(34(5,31)32)21-10-9-18(24)12-20(21)25/h6-12,15-16H,13-14H2,1-5H3,(H,26,30). The zero-order chi connectivity index (χ0) is 25.6. The molecule has 2 aromatic rings. The molecule has 0 aliphatic heterocycles. The highest BCUT2D eigenvalue weighted by Crippen LogP contribution is 2.30. The Morgan fingerprint density at radius 3 is 2.32 bits per heavy atom. The molecular weight excluding hydrogens is 501 g/mol. The molecule has 2 amide bonds. The average molecular weight is 530 g/mol. The molecule has 0 aliphatic carbocycles. The lowest BCUT2D eigenvalue weighted by Gasteiger charge is -2.32. The van der Waals surface area contributed by atoms with Crippen LogP contribution in [0.4, 0.5) is 5.69 Å². The third-order valence-corrected chi connectivity index (χ3v) is 6.61. The number of halogens is 2. The van der Waals surface area contributed by atoms with E-state index in [1.54, 1.807) is 31.2 Å². The molecule has 0 bridgehead atoms. The van der Waals surface area contributed by atoms with Gasteiger partial charge in [-0.1, -0.05) is 35.3 Å². The molecule has 186 valence electrons. The van der Waals surface area contributed by atoms with Crippen LogP contribution in [0.3, 0.4) is 0 Å². The van der Waals surface area contributed by atoms with Crippen LogP contribution in [-0.4, -0.2) is 57.1 Å². The second-order valence-electron chi connectivity index (χ2n) is 8.08. The van der Waals surface area contributed by atoms with Crippen molar-refractivity contribution in [2.45, 2.75) is 39.4 Å². The van der Waals surface area contributed by atoms with E-state index in [4.69, 9.17) is 27.9 Å². The third kappa shape index (κ3) is 7.51. The highest BCUT2D eigenvalue weighted by atomic mass is 35.5. The van der Waals surface area contributed by atoms with Crippen LogP contribution in [0.25, 0.3) is 0 Å². The maximum absolute atomic E-state index is 13.5. The number of hydrogen-bond donors (Lipinski definition) is 1. The number of sulfonamides is 1. The van der Waals surface area contributed by atoms with Gasteiger partial charge in [0.1, 0.15) is 18.3 Å². The molecular formula is C23H29Cl2N3O5S. The molecule has 8 nitrogen and oxygen atoms in total. The van der Waals surface area contributed by atoms with Crippen molar-refractivity contribution in [2.24, 2.45) is 0 Å². The topological polar surface area (TPSA) is 96.0 Å². The van der Waals surface area contributed by atoms with Crippen LogP contribution in [0.5, 0.6) is 5.75 Å². The molecule has 0 aliphatic rings. The van der Waals surface area contributed by atoms with Gasteiger partial charge in [-0.3, -0.25) is 13.9 Å². The summed E-state index contributed by atoms with van der Waals surface area (Å²) in [4.78, 5) is 27.6. The van der Waals surface area contributed by atoms with Crippen LogP contribution in [0.15, 0.2) is 42.5 Å². The minimum Gasteiger partial charge on any atom is -0.497 e. The normalized spacial score (nSPS) is 12.2. The Balaban J connectivity index is 2.44. The van der Waals surface area contributed by atoms with Crippen molar-refractivity contribution < 1.29 is 22.7 Å². The minimum absolute atomic E-state index is 0.0642. The first kappa shape index (κ1) is 27.8. The molecule has 1 atom stereocenters. The number of hydrogen-bond acceptors (Lipinski definition) is 5. The van der Waals surface area contributed by atoms with E-state index in [-0.39, 0.29) is 29.2 Å². The van der Waals surface area contributed by atoms with Gasteiger partial charge in [-0.05, 0) is 56.7 Å². The van der Waals surface area contributed by atoms with Crippen molar-refractivity contribution in [3.63, 3.8) is 0 Å². The fourth-order valence-corrected chi connectivity index (χ4v) is 4.66. The predicted molar refractivity (Wildman–Crippen MR) is 135 cm³/mol. The summed E-state index contributed by atoms with van der Waals surface area (Å²) >= 11 is 12.2. The van der Waals surface area contributed by atoms with Gasteiger partial charge in [0.25, 0.3) is 0 Å². The second kappa shape index (κ2) is 11.8. The van der Waals surface area contributed by atoms with Crippen molar-refractivity contribution in [2.75, 3.05) is 24.2 Å². The lowest BCUT2D eigenvalue weighted by Crippen LogP contribution is -2.52. The number of amides is 2. The molecule has 0 saturated carbocycles. The van der Waals surface area contributed by atoms with Crippen molar-refractivity contribution in [3.05, 3.63) is 58.1 Å². The quantitative estimate of drug-likeness (QED) is 0.506. The number of ether oxygens (including phenoxy) is 1. The maximum Gasteiger partial charge on any atom is 0.244 e. The Bertz CT molecular complexity index is 1140. The van der Waals surface area contributed by atoms with Crippen LogP contribution in [0, 0.1) is 0 Å². The first-order chi connectivity index (χ1) is 15.8. The van der Waals surface area contributed by atoms with Crippen LogP contribution < -0.4 is 14.4 Å². The number of nitrogens with zero attached hydrogens (tertiary/aromatic N) is 2. The fourth-order valence-electron chi connectivity index (χ4n) is 3.23. The SMILES string of the molecule is COc1cccc(CN(C(=O)CN(c2ccc(Cl)cc2Cl)S(C)(=O)=O)C(C)C(=O)NC(C)C)c1. The van der Waals surface area contributed by atoms with E-state index in [1.165, 1.54) is 30.2 Å². The van der Waals surface area contributed by atoms with E-state index in [2.05, 4.69) is 5.32 Å². The second-order valence-corrected chi connectivity index (χ2v) is 10.8. The summed E-state index contributed by atoms with van der Waals surface area (Å²) in [5.74, 6) is -0.345. The van der Waals surface area contributed by atoms with Crippen molar-refractivity contribution in [1.82, 2.24) is 10.2 Å². The number of rotatable bonds is 10. The number of anilines is 1. The monoisotopic (exact) mass is 529 g/mol. The Morgan fingerprint density at radius 1 is 1.09 bits per heavy atom. The molecule has 0 heterocycles. The molecule has 34 heavy (non-hydrogen) atoms. The van der Waals surface area contributed by atoms with Gasteiger partial charge in [-0.2, -0.15) is 0 Å². The Kier molecular flexibility index (Phi) is 9.61. The molecule has 11 heteroatoms. The number of benzene rings is 2. The van der Waals surface area contributed by atoms with Crippen LogP contribution >= 0.6 is 23.2 Å². The first-order valence-electron chi connectivity index (χ1n) is 10.5. The van der Waals surface area contributed by atoms with Gasteiger partial charge in [-0.25, -0.2) is 8.42 Å². The molecule has 2 aromatic carbocycles. The maximum atomic E-state index is 13.5. The van der Waals surface area contributed by atoms with E-state index < -0.39 is 28.5 Å². The van der Waals surface area contributed by atoms with Gasteiger partial charge in [0.2, 0.25) is 21.8 Å². The van der Waals surface area contributed by atoms with Gasteiger partial charge >= 0.3 is 0 Å². The molecule has 2 rings (SSSR count). The minimum atomic E-state index is -3.89. The van der Waals surface area contributed by atoms with Gasteiger partial charge in [0.05, 0.1) is 24.1 Å². The summed E-state index contributed by atoms with van der Waals surface area (Å²) in [7, 11) is -2.36. The Labute approximate surface area is 210 Å². The zero-order valence-electron chi connectivity index (χ0n) is 19.7. The van der Waals surface area contributed by atoms with E-state index in [0.29, 0.717) is 16.3 Å². The number of carbonyl (C=O) groups is 2. The highest BCUT2D eigenvalue weighted by molar-refractivity contribution is 7.92. The summed E-state index contributed by atoms with van der Waals surface area (Å²) in [6.45, 7) is 4.73. The van der Waals surface area contributed by atoms with Crippen molar-refractivity contribution >= 4 is 50.7 Å². The lowest BCUT2D eigenvalue weighted by atomic mass is 10.1. The molecule has 0 saturated heterocycles. The first-order valence-corrected chi connectivity index (χ1v) is 13.1. The number of nitrogens with one attached hydrogen (secondary N) is 1. The van der Waals surface area contributed by atoms with E-state index in [0.717, 1.165) is 10.6 Å². The van der Waals surface area contributed by atoms with Crippen LogP contribution in [0.2, 0.25) is 10.0 Å². The highest BCUT2D eigenvalue weighted by Gasteiger charge is 2.31. The van der Waals surface area contributed by atoms with Crippen molar-refractivity contribution in [3.8, 4) is 5.75 Å². The predicted octanol–water partition coefficient (Wildman–Crippen LogP) is 3.71. The van der Waals surface area contributed by atoms with E-state index in [1.807, 2.05) is 13.8 Å². The van der Waals surface area contributed by atoms with Gasteiger partial charge in [-0.15, -0.1) is 0 Å². The summed E-state index contributed by atoms with van der Waals surface area (Å²) < 4.78 is 31.3. The lowest BCUT2D eigenvalue weighted by molar-refractivity contribution is -0.139. The summed E-state index contributed by atoms with van der Waals surface area (Å²) in [6.07, 6.45) is 0.979. The molecule has 1 N–H and O–H groups in total. The molecule has 1 unspecified atom stereocenters. The molecule has 0 radical (unpaired) electrons. The van der Waals surface area contributed by atoms with Gasteiger partial charge < -0.3 is 15.0 Å². The summed E-state index contributed by atoms with van der Waals surface area (Å²) in [5, 5.41) is 3.20. The van der Waals surface area contributed by atoms with Crippen LogP contribution in [0.1, 0.15) is 26.3 Å². The largest absolute Gasteiger partial charge is 0.497 e. The summed E-state index contributed by atoms with van der Waals surface area (Å²) in [6, 6.07) is 10.4. The molecule has 0 aromatic heterocycles.